The Balaban J connectivity index is 2.19. The molecule has 0 saturated carbocycles. The Morgan fingerprint density at radius 3 is 2.57 bits per heavy atom. The largest absolute Gasteiger partial charge is 0.469 e. The summed E-state index contributed by atoms with van der Waals surface area (Å²) in [6, 6.07) is 1.02. The minimum atomic E-state index is -4.47. The lowest BCUT2D eigenvalue weighted by molar-refractivity contribution is -0.146. The number of carbonyl (C=O) groups excluding carboxylic acids is 1. The number of ether oxygens (including phenoxy) is 1. The van der Waals surface area contributed by atoms with Crippen LogP contribution >= 0.6 is 15.9 Å². The number of aromatic nitrogens is 1. The van der Waals surface area contributed by atoms with Crippen molar-refractivity contribution in [3.8, 4) is 0 Å². The highest BCUT2D eigenvalue weighted by Crippen LogP contribution is 2.38. The number of piperidine rings is 1. The van der Waals surface area contributed by atoms with E-state index in [1.165, 1.54) is 13.3 Å². The average molecular weight is 367 g/mol. The van der Waals surface area contributed by atoms with Crippen LogP contribution in [0.2, 0.25) is 0 Å². The SMILES string of the molecule is COC(=O)C1CCN(c2ncc(Br)cc2C(F)(F)F)CC1. The van der Waals surface area contributed by atoms with Crippen LogP contribution in [-0.4, -0.2) is 31.2 Å². The average Bonchev–Trinajstić information content (AvgIpc) is 2.45. The predicted molar refractivity (Wildman–Crippen MR) is 73.9 cm³/mol. The highest BCUT2D eigenvalue weighted by molar-refractivity contribution is 9.10. The van der Waals surface area contributed by atoms with Gasteiger partial charge < -0.3 is 9.64 Å². The number of nitrogens with zero attached hydrogens (tertiary/aromatic N) is 2. The molecule has 0 spiro atoms. The van der Waals surface area contributed by atoms with Crippen molar-refractivity contribution in [2.75, 3.05) is 25.1 Å². The number of rotatable bonds is 2. The van der Waals surface area contributed by atoms with Gasteiger partial charge in [0.2, 0.25) is 0 Å². The fourth-order valence-electron chi connectivity index (χ4n) is 2.39. The molecule has 1 aliphatic heterocycles. The molecule has 1 fully saturated rings. The Hall–Kier alpha value is -1.31. The zero-order valence-electron chi connectivity index (χ0n) is 11.3. The molecule has 2 heterocycles. The number of esters is 1. The van der Waals surface area contributed by atoms with Crippen LogP contribution in [0.4, 0.5) is 19.0 Å². The summed E-state index contributed by atoms with van der Waals surface area (Å²) < 4.78 is 44.2. The first-order valence-electron chi connectivity index (χ1n) is 6.38. The molecule has 21 heavy (non-hydrogen) atoms. The molecule has 0 N–H and O–H groups in total. The van der Waals surface area contributed by atoms with Crippen LogP contribution in [0.3, 0.4) is 0 Å². The predicted octanol–water partition coefficient (Wildman–Crippen LogP) is 3.25. The third-order valence-corrected chi connectivity index (χ3v) is 3.90. The van der Waals surface area contributed by atoms with Crippen molar-refractivity contribution < 1.29 is 22.7 Å². The van der Waals surface area contributed by atoms with E-state index in [2.05, 4.69) is 25.7 Å². The zero-order chi connectivity index (χ0) is 15.6. The van der Waals surface area contributed by atoms with Gasteiger partial charge in [0.05, 0.1) is 18.6 Å². The number of carbonyl (C=O) groups is 1. The second-order valence-corrected chi connectivity index (χ2v) is 5.72. The minimum Gasteiger partial charge on any atom is -0.469 e. The second kappa shape index (κ2) is 6.21. The Morgan fingerprint density at radius 1 is 1.43 bits per heavy atom. The lowest BCUT2D eigenvalue weighted by Crippen LogP contribution is -2.38. The van der Waals surface area contributed by atoms with Gasteiger partial charge in [-0.3, -0.25) is 4.79 Å². The van der Waals surface area contributed by atoms with Crippen LogP contribution in [0.25, 0.3) is 0 Å². The monoisotopic (exact) mass is 366 g/mol. The third kappa shape index (κ3) is 3.66. The number of methoxy groups -OCH3 is 1. The van der Waals surface area contributed by atoms with Gasteiger partial charge in [-0.1, -0.05) is 0 Å². The van der Waals surface area contributed by atoms with Crippen LogP contribution < -0.4 is 4.90 Å². The maximum Gasteiger partial charge on any atom is 0.419 e. The first kappa shape index (κ1) is 16.1. The first-order valence-corrected chi connectivity index (χ1v) is 7.17. The van der Waals surface area contributed by atoms with E-state index in [4.69, 9.17) is 0 Å². The molecule has 0 radical (unpaired) electrons. The van der Waals surface area contributed by atoms with Crippen molar-refractivity contribution in [3.05, 3.63) is 22.3 Å². The Labute approximate surface area is 128 Å². The van der Waals surface area contributed by atoms with E-state index in [-0.39, 0.29) is 22.2 Å². The van der Waals surface area contributed by atoms with Crippen molar-refractivity contribution in [2.45, 2.75) is 19.0 Å². The molecule has 1 saturated heterocycles. The van der Waals surface area contributed by atoms with Crippen LogP contribution in [-0.2, 0) is 15.7 Å². The molecule has 8 heteroatoms. The lowest BCUT2D eigenvalue weighted by atomic mass is 9.97. The quantitative estimate of drug-likeness (QED) is 0.753. The van der Waals surface area contributed by atoms with Crippen molar-refractivity contribution in [1.82, 2.24) is 4.98 Å². The number of hydrogen-bond donors (Lipinski definition) is 0. The molecule has 1 aliphatic rings. The molecule has 1 aromatic heterocycles. The van der Waals surface area contributed by atoms with Crippen LogP contribution in [0.5, 0.6) is 0 Å². The van der Waals surface area contributed by atoms with E-state index < -0.39 is 11.7 Å². The van der Waals surface area contributed by atoms with Gasteiger partial charge in [-0.05, 0) is 34.8 Å². The Bertz CT molecular complexity index is 529. The Kier molecular flexibility index (Phi) is 4.75. The van der Waals surface area contributed by atoms with E-state index in [0.717, 1.165) is 6.07 Å². The van der Waals surface area contributed by atoms with Crippen LogP contribution in [0.1, 0.15) is 18.4 Å². The van der Waals surface area contributed by atoms with Crippen molar-refractivity contribution in [3.63, 3.8) is 0 Å². The molecule has 0 atom stereocenters. The topological polar surface area (TPSA) is 42.4 Å². The van der Waals surface area contributed by atoms with Gasteiger partial charge >= 0.3 is 12.1 Å². The zero-order valence-corrected chi connectivity index (χ0v) is 12.9. The van der Waals surface area contributed by atoms with Gasteiger partial charge in [0.15, 0.2) is 0 Å². The van der Waals surface area contributed by atoms with Crippen molar-refractivity contribution in [1.29, 1.82) is 0 Å². The number of hydrogen-bond acceptors (Lipinski definition) is 4. The third-order valence-electron chi connectivity index (χ3n) is 3.47. The number of halogens is 4. The fourth-order valence-corrected chi connectivity index (χ4v) is 2.72. The van der Waals surface area contributed by atoms with Gasteiger partial charge in [0.1, 0.15) is 5.82 Å². The molecule has 4 nitrogen and oxygen atoms in total. The van der Waals surface area contributed by atoms with E-state index >= 15 is 0 Å². The normalized spacial score (nSPS) is 16.9. The molecule has 0 aromatic carbocycles. The first-order chi connectivity index (χ1) is 9.82. The summed E-state index contributed by atoms with van der Waals surface area (Å²) in [5.41, 5.74) is -0.770. The molecule has 2 rings (SSSR count). The summed E-state index contributed by atoms with van der Waals surface area (Å²) >= 11 is 3.01. The van der Waals surface area contributed by atoms with Gasteiger partial charge in [0.25, 0.3) is 0 Å². The summed E-state index contributed by atoms with van der Waals surface area (Å²) in [6.45, 7) is 0.689. The van der Waals surface area contributed by atoms with E-state index in [0.29, 0.717) is 25.9 Å². The molecule has 0 bridgehead atoms. The maximum absolute atomic E-state index is 13.1. The van der Waals surface area contributed by atoms with Crippen LogP contribution in [0.15, 0.2) is 16.7 Å². The summed E-state index contributed by atoms with van der Waals surface area (Å²) in [5, 5.41) is 0. The van der Waals surface area contributed by atoms with Gasteiger partial charge in [-0.15, -0.1) is 0 Å². The molecular formula is C13H14BrF3N2O2. The maximum atomic E-state index is 13.1. The fraction of sp³-hybridized carbons (Fsp3) is 0.538. The molecule has 0 amide bonds. The minimum absolute atomic E-state index is 0.0889. The molecule has 116 valence electrons. The Morgan fingerprint density at radius 2 is 2.05 bits per heavy atom. The summed E-state index contributed by atoms with van der Waals surface area (Å²) in [6.07, 6.45) is -2.20. The van der Waals surface area contributed by atoms with E-state index in [9.17, 15) is 18.0 Å². The molecule has 1 aromatic rings. The standard InChI is InChI=1S/C13H14BrF3N2O2/c1-21-12(20)8-2-4-19(5-3-8)11-10(13(15,16)17)6-9(14)7-18-11/h6-8H,2-5H2,1H3. The number of anilines is 1. The summed E-state index contributed by atoms with van der Waals surface area (Å²) in [4.78, 5) is 16.9. The van der Waals surface area contributed by atoms with Gasteiger partial charge in [-0.25, -0.2) is 4.98 Å². The number of pyridine rings is 1. The summed E-state index contributed by atoms with van der Waals surface area (Å²) in [7, 11) is 1.31. The molecule has 0 aliphatic carbocycles. The summed E-state index contributed by atoms with van der Waals surface area (Å²) in [5.74, 6) is -0.653. The highest BCUT2D eigenvalue weighted by Gasteiger charge is 2.37. The lowest BCUT2D eigenvalue weighted by Gasteiger charge is -2.33. The smallest absolute Gasteiger partial charge is 0.419 e. The number of alkyl halides is 3. The second-order valence-electron chi connectivity index (χ2n) is 4.81. The highest BCUT2D eigenvalue weighted by atomic mass is 79.9. The molecular weight excluding hydrogens is 353 g/mol. The van der Waals surface area contributed by atoms with Gasteiger partial charge in [-0.2, -0.15) is 13.2 Å². The van der Waals surface area contributed by atoms with E-state index in [1.807, 2.05) is 0 Å². The van der Waals surface area contributed by atoms with Crippen LogP contribution in [0, 0.1) is 5.92 Å². The van der Waals surface area contributed by atoms with E-state index in [1.54, 1.807) is 4.90 Å². The van der Waals surface area contributed by atoms with Gasteiger partial charge in [0, 0.05) is 23.8 Å². The molecule has 0 unspecified atom stereocenters. The van der Waals surface area contributed by atoms with Crippen molar-refractivity contribution >= 4 is 27.7 Å². The van der Waals surface area contributed by atoms with Crippen molar-refractivity contribution in [2.24, 2.45) is 5.92 Å².